The monoisotopic (exact) mass is 261 g/mol. The van der Waals surface area contributed by atoms with Gasteiger partial charge in [-0.2, -0.15) is 5.10 Å². The maximum Gasteiger partial charge on any atom is 0.233 e. The number of hydrogen-bond donors (Lipinski definition) is 2. The van der Waals surface area contributed by atoms with Crippen molar-refractivity contribution in [2.24, 2.45) is 0 Å². The molecule has 0 atom stereocenters. The van der Waals surface area contributed by atoms with E-state index in [2.05, 4.69) is 9.82 Å². The molecule has 0 aromatic carbocycles. The van der Waals surface area contributed by atoms with Crippen molar-refractivity contribution < 1.29 is 13.5 Å². The topological polar surface area (TPSA) is 84.2 Å². The number of aromatic nitrogens is 2. The van der Waals surface area contributed by atoms with Gasteiger partial charge in [0, 0.05) is 24.9 Å². The fourth-order valence-electron chi connectivity index (χ4n) is 1.29. The molecular weight excluding hydrogens is 242 g/mol. The van der Waals surface area contributed by atoms with Crippen molar-refractivity contribution in [3.63, 3.8) is 0 Å². The zero-order valence-corrected chi connectivity index (χ0v) is 10.9. The first kappa shape index (κ1) is 14.0. The molecule has 0 amide bonds. The summed E-state index contributed by atoms with van der Waals surface area (Å²) >= 11 is 0. The predicted octanol–water partition coefficient (Wildman–Crippen LogP) is 0.978. The van der Waals surface area contributed by atoms with Crippen LogP contribution in [-0.4, -0.2) is 35.7 Å². The molecule has 1 aromatic rings. The molecule has 2 N–H and O–H groups in total. The molecular formula is C10H19N3O3S. The van der Waals surface area contributed by atoms with Gasteiger partial charge in [-0.25, -0.2) is 8.42 Å². The number of aliphatic hydroxyl groups excluding tert-OH is 1. The van der Waals surface area contributed by atoms with Crippen LogP contribution in [-0.2, 0) is 10.0 Å². The van der Waals surface area contributed by atoms with Crippen LogP contribution in [0.1, 0.15) is 32.7 Å². The molecule has 1 aromatic heterocycles. The number of sulfonamides is 1. The molecule has 1 heterocycles. The number of anilines is 1. The van der Waals surface area contributed by atoms with Gasteiger partial charge in [0.05, 0.1) is 5.75 Å². The van der Waals surface area contributed by atoms with E-state index in [1.807, 2.05) is 13.8 Å². The van der Waals surface area contributed by atoms with Crippen LogP contribution < -0.4 is 4.72 Å². The van der Waals surface area contributed by atoms with Gasteiger partial charge in [-0.15, -0.1) is 0 Å². The van der Waals surface area contributed by atoms with E-state index in [1.54, 1.807) is 16.9 Å². The van der Waals surface area contributed by atoms with Crippen molar-refractivity contribution in [1.82, 2.24) is 9.78 Å². The molecule has 0 radical (unpaired) electrons. The fraction of sp³-hybridized carbons (Fsp3) is 0.700. The molecule has 0 unspecified atom stereocenters. The molecule has 0 aliphatic rings. The van der Waals surface area contributed by atoms with Crippen LogP contribution in [0.2, 0.25) is 0 Å². The first-order valence-corrected chi connectivity index (χ1v) is 7.26. The van der Waals surface area contributed by atoms with E-state index in [9.17, 15) is 8.42 Å². The zero-order chi connectivity index (χ0) is 12.9. The molecule has 0 bridgehead atoms. The van der Waals surface area contributed by atoms with Crippen LogP contribution >= 0.6 is 0 Å². The van der Waals surface area contributed by atoms with Crippen LogP contribution in [0.4, 0.5) is 5.82 Å². The standard InChI is InChI=1S/C10H19N3O3S/c1-9(2)13-6-5-10(11-13)12-17(15,16)8-4-3-7-14/h5-6,9,14H,3-4,7-8H2,1-2H3,(H,11,12). The lowest BCUT2D eigenvalue weighted by Crippen LogP contribution is -2.17. The summed E-state index contributed by atoms with van der Waals surface area (Å²) < 4.78 is 27.3. The summed E-state index contributed by atoms with van der Waals surface area (Å²) in [7, 11) is -3.36. The van der Waals surface area contributed by atoms with Crippen LogP contribution in [0.25, 0.3) is 0 Å². The Kier molecular flexibility index (Phi) is 4.95. The van der Waals surface area contributed by atoms with E-state index in [4.69, 9.17) is 5.11 Å². The number of unbranched alkanes of at least 4 members (excludes halogenated alkanes) is 1. The summed E-state index contributed by atoms with van der Waals surface area (Å²) in [5.41, 5.74) is 0. The average Bonchev–Trinajstić information content (AvgIpc) is 2.65. The highest BCUT2D eigenvalue weighted by atomic mass is 32.2. The van der Waals surface area contributed by atoms with Gasteiger partial charge in [0.2, 0.25) is 10.0 Å². The zero-order valence-electron chi connectivity index (χ0n) is 10.1. The van der Waals surface area contributed by atoms with Crippen LogP contribution in [0.5, 0.6) is 0 Å². The Morgan fingerprint density at radius 2 is 2.18 bits per heavy atom. The summed E-state index contributed by atoms with van der Waals surface area (Å²) in [6, 6.07) is 1.83. The Hall–Kier alpha value is -1.08. The molecule has 7 heteroatoms. The molecule has 0 spiro atoms. The maximum absolute atomic E-state index is 11.6. The quantitative estimate of drug-likeness (QED) is 0.717. The number of nitrogens with zero attached hydrogens (tertiary/aromatic N) is 2. The number of aliphatic hydroxyl groups is 1. The Balaban J connectivity index is 2.57. The third kappa shape index (κ3) is 4.74. The van der Waals surface area contributed by atoms with Gasteiger partial charge < -0.3 is 5.11 Å². The van der Waals surface area contributed by atoms with Crippen molar-refractivity contribution in [2.45, 2.75) is 32.7 Å². The summed E-state index contributed by atoms with van der Waals surface area (Å²) in [6.45, 7) is 3.94. The summed E-state index contributed by atoms with van der Waals surface area (Å²) in [5, 5.41) is 12.7. The van der Waals surface area contributed by atoms with E-state index in [0.29, 0.717) is 18.7 Å². The van der Waals surface area contributed by atoms with Gasteiger partial charge in [-0.3, -0.25) is 9.40 Å². The molecule has 0 saturated heterocycles. The third-order valence-electron chi connectivity index (χ3n) is 2.22. The number of rotatable bonds is 7. The second kappa shape index (κ2) is 6.02. The smallest absolute Gasteiger partial charge is 0.233 e. The van der Waals surface area contributed by atoms with Crippen molar-refractivity contribution in [3.05, 3.63) is 12.3 Å². The van der Waals surface area contributed by atoms with Crippen molar-refractivity contribution in [3.8, 4) is 0 Å². The van der Waals surface area contributed by atoms with Crippen LogP contribution in [0, 0.1) is 0 Å². The van der Waals surface area contributed by atoms with Crippen molar-refractivity contribution >= 4 is 15.8 Å². The lowest BCUT2D eigenvalue weighted by Gasteiger charge is -2.06. The molecule has 1 rings (SSSR count). The Morgan fingerprint density at radius 1 is 1.47 bits per heavy atom. The minimum absolute atomic E-state index is 0.00208. The molecule has 0 aliphatic carbocycles. The predicted molar refractivity (Wildman–Crippen MR) is 66.3 cm³/mol. The fourth-order valence-corrected chi connectivity index (χ4v) is 2.41. The van der Waals surface area contributed by atoms with E-state index in [1.165, 1.54) is 0 Å². The van der Waals surface area contributed by atoms with E-state index >= 15 is 0 Å². The van der Waals surface area contributed by atoms with Crippen molar-refractivity contribution in [1.29, 1.82) is 0 Å². The van der Waals surface area contributed by atoms with Gasteiger partial charge >= 0.3 is 0 Å². The van der Waals surface area contributed by atoms with Crippen LogP contribution in [0.15, 0.2) is 12.3 Å². The molecule has 0 saturated carbocycles. The van der Waals surface area contributed by atoms with E-state index in [-0.39, 0.29) is 18.4 Å². The number of hydrogen-bond acceptors (Lipinski definition) is 4. The first-order valence-electron chi connectivity index (χ1n) is 5.61. The molecule has 6 nitrogen and oxygen atoms in total. The lowest BCUT2D eigenvalue weighted by molar-refractivity contribution is 0.287. The van der Waals surface area contributed by atoms with Gasteiger partial charge in [0.15, 0.2) is 5.82 Å². The lowest BCUT2D eigenvalue weighted by atomic mass is 10.4. The summed E-state index contributed by atoms with van der Waals surface area (Å²) in [4.78, 5) is 0. The van der Waals surface area contributed by atoms with E-state index in [0.717, 1.165) is 0 Å². The third-order valence-corrected chi connectivity index (χ3v) is 3.56. The summed E-state index contributed by atoms with van der Waals surface area (Å²) in [6.07, 6.45) is 2.66. The minimum atomic E-state index is -3.36. The van der Waals surface area contributed by atoms with Gasteiger partial charge in [-0.1, -0.05) is 0 Å². The molecule has 0 aliphatic heterocycles. The second-order valence-electron chi connectivity index (χ2n) is 4.13. The number of nitrogens with one attached hydrogen (secondary N) is 1. The summed E-state index contributed by atoms with van der Waals surface area (Å²) in [5.74, 6) is 0.338. The average molecular weight is 261 g/mol. The highest BCUT2D eigenvalue weighted by Gasteiger charge is 2.12. The highest BCUT2D eigenvalue weighted by Crippen LogP contribution is 2.10. The Labute approximate surface area is 102 Å². The Bertz CT molecular complexity index is 439. The minimum Gasteiger partial charge on any atom is -0.396 e. The molecule has 0 fully saturated rings. The van der Waals surface area contributed by atoms with Gasteiger partial charge in [0.25, 0.3) is 0 Å². The Morgan fingerprint density at radius 3 is 2.71 bits per heavy atom. The normalized spacial score (nSPS) is 12.0. The largest absolute Gasteiger partial charge is 0.396 e. The van der Waals surface area contributed by atoms with Gasteiger partial charge in [0.1, 0.15) is 0 Å². The first-order chi connectivity index (χ1) is 7.94. The van der Waals surface area contributed by atoms with Crippen molar-refractivity contribution in [2.75, 3.05) is 17.1 Å². The van der Waals surface area contributed by atoms with E-state index < -0.39 is 10.0 Å². The highest BCUT2D eigenvalue weighted by molar-refractivity contribution is 7.92. The SMILES string of the molecule is CC(C)n1ccc(NS(=O)(=O)CCCCO)n1. The molecule has 98 valence electrons. The maximum atomic E-state index is 11.6. The van der Waals surface area contributed by atoms with Gasteiger partial charge in [-0.05, 0) is 26.7 Å². The molecule has 17 heavy (non-hydrogen) atoms. The second-order valence-corrected chi connectivity index (χ2v) is 5.97. The van der Waals surface area contributed by atoms with Crippen LogP contribution in [0.3, 0.4) is 0 Å².